The lowest BCUT2D eigenvalue weighted by atomic mass is 10.0. The van der Waals surface area contributed by atoms with Crippen molar-refractivity contribution in [2.45, 2.75) is 25.4 Å². The minimum Gasteiger partial charge on any atom is -0.325 e. The Morgan fingerprint density at radius 3 is 2.38 bits per heavy atom. The van der Waals surface area contributed by atoms with Crippen molar-refractivity contribution in [2.24, 2.45) is 0 Å². The first-order chi connectivity index (χ1) is 15.7. The molecule has 5 heteroatoms. The largest absolute Gasteiger partial charge is 0.325 e. The molecule has 1 unspecified atom stereocenters. The van der Waals surface area contributed by atoms with Gasteiger partial charge in [0, 0.05) is 30.3 Å². The molecule has 0 aliphatic rings. The molecule has 0 spiro atoms. The molecule has 32 heavy (non-hydrogen) atoms. The number of carbonyl (C=O) groups excluding carboxylic acids is 1. The number of rotatable bonds is 8. The van der Waals surface area contributed by atoms with Gasteiger partial charge in [-0.25, -0.2) is 0 Å². The average molecular weight is 423 g/mol. The molecule has 2 heterocycles. The fourth-order valence-corrected chi connectivity index (χ4v) is 3.65. The van der Waals surface area contributed by atoms with Crippen LogP contribution < -0.4 is 10.6 Å². The van der Waals surface area contributed by atoms with Gasteiger partial charge in [0.15, 0.2) is 0 Å². The highest BCUT2D eigenvalue weighted by Crippen LogP contribution is 2.22. The van der Waals surface area contributed by atoms with Crippen LogP contribution in [0.25, 0.3) is 11.1 Å². The molecule has 0 radical (unpaired) electrons. The lowest BCUT2D eigenvalue weighted by Gasteiger charge is -2.23. The third kappa shape index (κ3) is 5.65. The molecule has 4 rings (SSSR count). The van der Waals surface area contributed by atoms with E-state index in [0.717, 1.165) is 28.1 Å². The highest BCUT2D eigenvalue weighted by atomic mass is 16.2. The van der Waals surface area contributed by atoms with Gasteiger partial charge in [-0.1, -0.05) is 48.5 Å². The first-order valence-electron chi connectivity index (χ1n) is 10.7. The summed E-state index contributed by atoms with van der Waals surface area (Å²) >= 11 is 0. The third-order valence-corrected chi connectivity index (χ3v) is 5.33. The van der Waals surface area contributed by atoms with Gasteiger partial charge in [0.2, 0.25) is 5.91 Å². The number of benzene rings is 2. The summed E-state index contributed by atoms with van der Waals surface area (Å²) in [5.41, 5.74) is 4.84. The zero-order valence-corrected chi connectivity index (χ0v) is 18.0. The van der Waals surface area contributed by atoms with Gasteiger partial charge in [0.25, 0.3) is 0 Å². The number of nitrogens with zero attached hydrogens (tertiary/aromatic N) is 2. The number of anilines is 1. The van der Waals surface area contributed by atoms with E-state index < -0.39 is 6.04 Å². The fraction of sp³-hybridized carbons (Fsp3) is 0.148. The van der Waals surface area contributed by atoms with Crippen LogP contribution in [0.4, 0.5) is 5.69 Å². The molecule has 0 fully saturated rings. The number of nitrogens with one attached hydrogen (secondary N) is 2. The minimum absolute atomic E-state index is 0.0705. The Kier molecular flexibility index (Phi) is 7.00. The van der Waals surface area contributed by atoms with Crippen LogP contribution in [0.5, 0.6) is 0 Å². The molecule has 160 valence electrons. The van der Waals surface area contributed by atoms with Crippen molar-refractivity contribution in [2.75, 3.05) is 5.32 Å². The number of aromatic nitrogens is 2. The van der Waals surface area contributed by atoms with Crippen LogP contribution in [0.2, 0.25) is 0 Å². The quantitative estimate of drug-likeness (QED) is 0.417. The van der Waals surface area contributed by atoms with E-state index in [-0.39, 0.29) is 11.9 Å². The van der Waals surface area contributed by atoms with Crippen LogP contribution >= 0.6 is 0 Å². The van der Waals surface area contributed by atoms with Crippen LogP contribution in [0.1, 0.15) is 24.2 Å². The summed E-state index contributed by atoms with van der Waals surface area (Å²) in [4.78, 5) is 21.8. The van der Waals surface area contributed by atoms with Gasteiger partial charge in [-0.15, -0.1) is 0 Å². The van der Waals surface area contributed by atoms with E-state index in [9.17, 15) is 4.79 Å². The standard InChI is InChI=1S/C27H26N4O/c1-20(25-12-5-6-15-29-25)30-26(18-21-8-3-2-4-9-21)27(32)31-24-11-7-10-23(19-24)22-13-16-28-17-14-22/h2-17,19-20,26,30H,18H2,1H3,(H,31,32)/t20?,26-/m0/s1. The second-order valence-electron chi connectivity index (χ2n) is 7.69. The van der Waals surface area contributed by atoms with Crippen molar-refractivity contribution >= 4 is 11.6 Å². The highest BCUT2D eigenvalue weighted by molar-refractivity contribution is 5.95. The number of pyridine rings is 2. The van der Waals surface area contributed by atoms with E-state index in [1.165, 1.54) is 0 Å². The Hall–Kier alpha value is -3.83. The second-order valence-corrected chi connectivity index (χ2v) is 7.69. The van der Waals surface area contributed by atoms with E-state index in [4.69, 9.17) is 0 Å². The van der Waals surface area contributed by atoms with Crippen LogP contribution in [-0.4, -0.2) is 21.9 Å². The first kappa shape index (κ1) is 21.4. The molecule has 4 aromatic rings. The first-order valence-corrected chi connectivity index (χ1v) is 10.7. The number of hydrogen-bond donors (Lipinski definition) is 2. The topological polar surface area (TPSA) is 66.9 Å². The number of hydrogen-bond acceptors (Lipinski definition) is 4. The second kappa shape index (κ2) is 10.5. The lowest BCUT2D eigenvalue weighted by Crippen LogP contribution is -2.43. The van der Waals surface area contributed by atoms with Crippen molar-refractivity contribution in [1.29, 1.82) is 0 Å². The summed E-state index contributed by atoms with van der Waals surface area (Å²) in [6.45, 7) is 2.03. The molecule has 0 aliphatic carbocycles. The SMILES string of the molecule is CC(N[C@@H](Cc1ccccc1)C(=O)Nc1cccc(-c2ccncc2)c1)c1ccccn1. The monoisotopic (exact) mass is 422 g/mol. The molecule has 0 saturated heterocycles. The molecular weight excluding hydrogens is 396 g/mol. The molecule has 0 aliphatic heterocycles. The predicted octanol–water partition coefficient (Wildman–Crippen LogP) is 5.04. The molecular formula is C27H26N4O. The van der Waals surface area contributed by atoms with Crippen LogP contribution in [0.3, 0.4) is 0 Å². The molecule has 5 nitrogen and oxygen atoms in total. The maximum absolute atomic E-state index is 13.3. The Morgan fingerprint density at radius 2 is 1.62 bits per heavy atom. The predicted molar refractivity (Wildman–Crippen MR) is 128 cm³/mol. The normalized spacial score (nSPS) is 12.7. The van der Waals surface area contributed by atoms with Crippen LogP contribution in [0, 0.1) is 0 Å². The zero-order valence-electron chi connectivity index (χ0n) is 18.0. The minimum atomic E-state index is -0.418. The van der Waals surface area contributed by atoms with Crippen molar-refractivity contribution in [3.8, 4) is 11.1 Å². The molecule has 0 bridgehead atoms. The molecule has 2 N–H and O–H groups in total. The van der Waals surface area contributed by atoms with E-state index in [0.29, 0.717) is 6.42 Å². The molecule has 2 aromatic carbocycles. The summed E-state index contributed by atoms with van der Waals surface area (Å²) in [6.07, 6.45) is 5.87. The smallest absolute Gasteiger partial charge is 0.241 e. The maximum Gasteiger partial charge on any atom is 0.241 e. The van der Waals surface area contributed by atoms with Gasteiger partial charge in [-0.3, -0.25) is 20.1 Å². The Labute approximate surface area is 188 Å². The van der Waals surface area contributed by atoms with Crippen molar-refractivity contribution in [3.05, 3.63) is 115 Å². The molecule has 1 amide bonds. The highest BCUT2D eigenvalue weighted by Gasteiger charge is 2.22. The van der Waals surface area contributed by atoms with Crippen molar-refractivity contribution in [1.82, 2.24) is 15.3 Å². The summed E-state index contributed by atoms with van der Waals surface area (Å²) < 4.78 is 0. The van der Waals surface area contributed by atoms with E-state index in [1.807, 2.05) is 91.9 Å². The van der Waals surface area contributed by atoms with Gasteiger partial charge in [0.1, 0.15) is 0 Å². The van der Waals surface area contributed by atoms with Gasteiger partial charge in [-0.05, 0) is 66.4 Å². The number of amides is 1. The van der Waals surface area contributed by atoms with E-state index >= 15 is 0 Å². The molecule has 0 saturated carbocycles. The lowest BCUT2D eigenvalue weighted by molar-refractivity contribution is -0.118. The fourth-order valence-electron chi connectivity index (χ4n) is 3.65. The summed E-state index contributed by atoms with van der Waals surface area (Å²) in [5.74, 6) is -0.0801. The summed E-state index contributed by atoms with van der Waals surface area (Å²) in [5, 5.41) is 6.56. The van der Waals surface area contributed by atoms with Gasteiger partial charge < -0.3 is 5.32 Å². The number of carbonyl (C=O) groups is 1. The summed E-state index contributed by atoms with van der Waals surface area (Å²) in [6, 6.07) is 27.1. The third-order valence-electron chi connectivity index (χ3n) is 5.33. The van der Waals surface area contributed by atoms with Crippen molar-refractivity contribution in [3.63, 3.8) is 0 Å². The Bertz CT molecular complexity index is 1130. The molecule has 2 atom stereocenters. The van der Waals surface area contributed by atoms with E-state index in [1.54, 1.807) is 18.6 Å². The Balaban J connectivity index is 1.53. The van der Waals surface area contributed by atoms with Gasteiger partial charge in [-0.2, -0.15) is 0 Å². The van der Waals surface area contributed by atoms with Crippen LogP contribution in [0.15, 0.2) is 104 Å². The Morgan fingerprint density at radius 1 is 0.844 bits per heavy atom. The average Bonchev–Trinajstić information content (AvgIpc) is 2.85. The molecule has 2 aromatic heterocycles. The van der Waals surface area contributed by atoms with Gasteiger partial charge >= 0.3 is 0 Å². The van der Waals surface area contributed by atoms with Crippen LogP contribution in [-0.2, 0) is 11.2 Å². The van der Waals surface area contributed by atoms with Crippen molar-refractivity contribution < 1.29 is 4.79 Å². The van der Waals surface area contributed by atoms with E-state index in [2.05, 4.69) is 20.6 Å². The summed E-state index contributed by atoms with van der Waals surface area (Å²) in [7, 11) is 0. The zero-order chi connectivity index (χ0) is 22.2. The maximum atomic E-state index is 13.3. The van der Waals surface area contributed by atoms with Gasteiger partial charge in [0.05, 0.1) is 11.7 Å².